The van der Waals surface area contributed by atoms with Crippen LogP contribution in [0.15, 0.2) is 41.3 Å². The largest absolute Gasteiger partial charge is 0.321 e. The van der Waals surface area contributed by atoms with E-state index in [1.165, 1.54) is 29.6 Å². The van der Waals surface area contributed by atoms with E-state index >= 15 is 0 Å². The normalized spacial score (nSPS) is 12.3. The van der Waals surface area contributed by atoms with Gasteiger partial charge < -0.3 is 5.32 Å². The molecule has 30 heavy (non-hydrogen) atoms. The lowest BCUT2D eigenvalue weighted by molar-refractivity contribution is 0.102. The summed E-state index contributed by atoms with van der Waals surface area (Å²) in [6.45, 7) is 11.8. The number of hydrogen-bond acceptors (Lipinski definition) is 3. The Bertz CT molecular complexity index is 1000. The first-order chi connectivity index (χ1) is 13.9. The van der Waals surface area contributed by atoms with Crippen molar-refractivity contribution >= 4 is 33.2 Å². The Morgan fingerprint density at radius 3 is 1.97 bits per heavy atom. The van der Waals surface area contributed by atoms with Gasteiger partial charge in [0.2, 0.25) is 10.0 Å². The average molecular weight is 451 g/mol. The molecule has 1 amide bonds. The molecule has 0 spiro atoms. The van der Waals surface area contributed by atoms with E-state index in [0.29, 0.717) is 0 Å². The summed E-state index contributed by atoms with van der Waals surface area (Å²) in [6.07, 6.45) is 0. The first-order valence-corrected chi connectivity index (χ1v) is 11.9. The van der Waals surface area contributed by atoms with E-state index in [-0.39, 0.29) is 33.4 Å². The predicted octanol–water partition coefficient (Wildman–Crippen LogP) is 5.87. The molecule has 0 atom stereocenters. The maximum atomic E-state index is 13.2. The number of anilines is 1. The molecule has 164 valence electrons. The van der Waals surface area contributed by atoms with E-state index in [1.807, 2.05) is 18.2 Å². The lowest BCUT2D eigenvalue weighted by Gasteiger charge is -2.22. The van der Waals surface area contributed by atoms with Crippen molar-refractivity contribution in [2.45, 2.75) is 64.3 Å². The van der Waals surface area contributed by atoms with E-state index in [4.69, 9.17) is 11.6 Å². The summed E-state index contributed by atoms with van der Waals surface area (Å²) < 4.78 is 27.0. The van der Waals surface area contributed by atoms with Gasteiger partial charge in [-0.3, -0.25) is 4.79 Å². The molecule has 0 saturated carbocycles. The second kappa shape index (κ2) is 9.50. The molecule has 5 nitrogen and oxygen atoms in total. The lowest BCUT2D eigenvalue weighted by atomic mass is 9.92. The van der Waals surface area contributed by atoms with Crippen LogP contribution in [0.2, 0.25) is 5.02 Å². The van der Waals surface area contributed by atoms with E-state index in [2.05, 4.69) is 33.0 Å². The SMILES string of the molecule is CC(C)c1cccc(C(C)C)c1NC(=O)c1cc(S(=O)(=O)N(C)C(C)C)ccc1Cl. The van der Waals surface area contributed by atoms with Crippen molar-refractivity contribution in [1.82, 2.24) is 4.31 Å². The van der Waals surface area contributed by atoms with Crippen LogP contribution < -0.4 is 5.32 Å². The zero-order valence-corrected chi connectivity index (χ0v) is 20.2. The number of carbonyl (C=O) groups is 1. The molecule has 0 aliphatic heterocycles. The van der Waals surface area contributed by atoms with Gasteiger partial charge >= 0.3 is 0 Å². The van der Waals surface area contributed by atoms with Gasteiger partial charge in [-0.1, -0.05) is 57.5 Å². The van der Waals surface area contributed by atoms with Gasteiger partial charge in [-0.05, 0) is 55.0 Å². The second-order valence-electron chi connectivity index (χ2n) is 8.33. The highest BCUT2D eigenvalue weighted by molar-refractivity contribution is 7.89. The number of rotatable bonds is 7. The zero-order valence-electron chi connectivity index (χ0n) is 18.7. The van der Waals surface area contributed by atoms with E-state index in [9.17, 15) is 13.2 Å². The number of sulfonamides is 1. The maximum Gasteiger partial charge on any atom is 0.257 e. The van der Waals surface area contributed by atoms with Gasteiger partial charge in [-0.2, -0.15) is 4.31 Å². The quantitative estimate of drug-likeness (QED) is 0.573. The van der Waals surface area contributed by atoms with Crippen LogP contribution in [-0.2, 0) is 10.0 Å². The van der Waals surface area contributed by atoms with Crippen LogP contribution in [0.1, 0.15) is 74.9 Å². The molecule has 0 bridgehead atoms. The first-order valence-electron chi connectivity index (χ1n) is 10.1. The average Bonchev–Trinajstić information content (AvgIpc) is 2.66. The molecule has 2 rings (SSSR count). The van der Waals surface area contributed by atoms with E-state index in [1.54, 1.807) is 13.8 Å². The number of halogens is 1. The lowest BCUT2D eigenvalue weighted by Crippen LogP contribution is -2.33. The smallest absolute Gasteiger partial charge is 0.257 e. The fourth-order valence-corrected chi connectivity index (χ4v) is 4.76. The molecule has 1 N–H and O–H groups in total. The molecule has 0 aromatic heterocycles. The predicted molar refractivity (Wildman–Crippen MR) is 124 cm³/mol. The summed E-state index contributed by atoms with van der Waals surface area (Å²) in [7, 11) is -2.22. The summed E-state index contributed by atoms with van der Waals surface area (Å²) in [6, 6.07) is 9.98. The number of amides is 1. The van der Waals surface area contributed by atoms with Gasteiger partial charge in [-0.15, -0.1) is 0 Å². The highest BCUT2D eigenvalue weighted by Gasteiger charge is 2.25. The molecule has 0 aliphatic rings. The summed E-state index contributed by atoms with van der Waals surface area (Å²) in [5, 5.41) is 3.20. The van der Waals surface area contributed by atoms with Crippen molar-refractivity contribution < 1.29 is 13.2 Å². The Kier molecular flexibility index (Phi) is 7.72. The van der Waals surface area contributed by atoms with Crippen molar-refractivity contribution in [3.8, 4) is 0 Å². The maximum absolute atomic E-state index is 13.2. The molecule has 0 heterocycles. The number of benzene rings is 2. The molecule has 7 heteroatoms. The van der Waals surface area contributed by atoms with Crippen LogP contribution in [0.5, 0.6) is 0 Å². The minimum absolute atomic E-state index is 0.0366. The third-order valence-corrected chi connectivity index (χ3v) is 7.56. The van der Waals surface area contributed by atoms with Crippen molar-refractivity contribution in [3.63, 3.8) is 0 Å². The van der Waals surface area contributed by atoms with Crippen LogP contribution >= 0.6 is 11.6 Å². The molecule has 0 aliphatic carbocycles. The van der Waals surface area contributed by atoms with Crippen molar-refractivity contribution in [2.24, 2.45) is 0 Å². The number of para-hydroxylation sites is 1. The topological polar surface area (TPSA) is 66.5 Å². The molecule has 0 saturated heterocycles. The number of nitrogens with zero attached hydrogens (tertiary/aromatic N) is 1. The van der Waals surface area contributed by atoms with Gasteiger partial charge in [0.1, 0.15) is 0 Å². The number of carbonyl (C=O) groups excluding carboxylic acids is 1. The van der Waals surface area contributed by atoms with Crippen molar-refractivity contribution in [3.05, 3.63) is 58.1 Å². The Labute approximate surface area is 185 Å². The molecular formula is C23H31ClN2O3S. The molecule has 2 aromatic carbocycles. The number of nitrogens with one attached hydrogen (secondary N) is 1. The third-order valence-electron chi connectivity index (χ3n) is 5.20. The Hall–Kier alpha value is -1.89. The van der Waals surface area contributed by atoms with Gasteiger partial charge in [0.25, 0.3) is 5.91 Å². The van der Waals surface area contributed by atoms with Crippen LogP contribution in [-0.4, -0.2) is 31.7 Å². The van der Waals surface area contributed by atoms with Gasteiger partial charge in [0.05, 0.1) is 15.5 Å². The summed E-state index contributed by atoms with van der Waals surface area (Å²) in [4.78, 5) is 13.2. The molecular weight excluding hydrogens is 420 g/mol. The monoisotopic (exact) mass is 450 g/mol. The summed E-state index contributed by atoms with van der Waals surface area (Å²) >= 11 is 6.28. The number of hydrogen-bond donors (Lipinski definition) is 1. The van der Waals surface area contributed by atoms with Gasteiger partial charge in [-0.25, -0.2) is 8.42 Å². The minimum Gasteiger partial charge on any atom is -0.321 e. The summed E-state index contributed by atoms with van der Waals surface area (Å²) in [5.41, 5.74) is 2.93. The van der Waals surface area contributed by atoms with Crippen LogP contribution in [0.25, 0.3) is 0 Å². The van der Waals surface area contributed by atoms with E-state index < -0.39 is 15.9 Å². The van der Waals surface area contributed by atoms with Crippen LogP contribution in [0.3, 0.4) is 0 Å². The zero-order chi connectivity index (χ0) is 22.8. The molecule has 2 aromatic rings. The highest BCUT2D eigenvalue weighted by Crippen LogP contribution is 2.33. The second-order valence-corrected chi connectivity index (χ2v) is 10.7. The van der Waals surface area contributed by atoms with Gasteiger partial charge in [0, 0.05) is 18.8 Å². The molecule has 0 radical (unpaired) electrons. The van der Waals surface area contributed by atoms with Gasteiger partial charge in [0.15, 0.2) is 0 Å². The summed E-state index contributed by atoms with van der Waals surface area (Å²) in [5.74, 6) is -0.0130. The van der Waals surface area contributed by atoms with E-state index in [0.717, 1.165) is 16.8 Å². The highest BCUT2D eigenvalue weighted by atomic mass is 35.5. The van der Waals surface area contributed by atoms with Crippen molar-refractivity contribution in [1.29, 1.82) is 0 Å². The van der Waals surface area contributed by atoms with Crippen molar-refractivity contribution in [2.75, 3.05) is 12.4 Å². The molecule has 0 fully saturated rings. The third kappa shape index (κ3) is 5.05. The standard InChI is InChI=1S/C23H31ClN2O3S/c1-14(2)18-9-8-10-19(15(3)4)22(18)25-23(27)20-13-17(11-12-21(20)24)30(28,29)26(7)16(5)6/h8-16H,1-7H3,(H,25,27). The van der Waals surface area contributed by atoms with Crippen LogP contribution in [0, 0.1) is 0 Å². The van der Waals surface area contributed by atoms with Crippen LogP contribution in [0.4, 0.5) is 5.69 Å². The minimum atomic E-state index is -3.73. The fraction of sp³-hybridized carbons (Fsp3) is 0.435. The molecule has 0 unspecified atom stereocenters. The Balaban J connectivity index is 2.52. The Morgan fingerprint density at radius 1 is 0.967 bits per heavy atom. The first kappa shape index (κ1) is 24.4. The fourth-order valence-electron chi connectivity index (χ4n) is 3.16. The Morgan fingerprint density at radius 2 is 1.50 bits per heavy atom.